The van der Waals surface area contributed by atoms with Crippen molar-refractivity contribution < 1.29 is 24.2 Å². The Hall–Kier alpha value is -4.86. The van der Waals surface area contributed by atoms with Gasteiger partial charge in [0.05, 0.1) is 6.10 Å². The molecule has 2 heterocycles. The molecule has 0 unspecified atom stereocenters. The number of amides is 2. The van der Waals surface area contributed by atoms with Gasteiger partial charge >= 0.3 is 6.09 Å². The van der Waals surface area contributed by atoms with Crippen LogP contribution < -0.4 is 26.0 Å². The predicted molar refractivity (Wildman–Crippen MR) is 183 cm³/mol. The van der Waals surface area contributed by atoms with Gasteiger partial charge < -0.3 is 35.8 Å². The van der Waals surface area contributed by atoms with Gasteiger partial charge in [0, 0.05) is 43.0 Å². The fourth-order valence-electron chi connectivity index (χ4n) is 6.48. The van der Waals surface area contributed by atoms with Crippen LogP contribution in [-0.4, -0.2) is 61.6 Å². The van der Waals surface area contributed by atoms with Crippen LogP contribution in [0, 0.1) is 0 Å². The fraction of sp³-hybridized carbons (Fsp3) is 0.316. The molecule has 0 bridgehead atoms. The van der Waals surface area contributed by atoms with Gasteiger partial charge in [0.25, 0.3) is 0 Å². The van der Waals surface area contributed by atoms with E-state index >= 15 is 0 Å². The molecule has 0 spiro atoms. The molecule has 0 aliphatic carbocycles. The van der Waals surface area contributed by atoms with Gasteiger partial charge in [-0.05, 0) is 60.1 Å². The number of carbonyl (C=O) groups is 2. The predicted octanol–water partition coefficient (Wildman–Crippen LogP) is 5.82. The Morgan fingerprint density at radius 1 is 0.894 bits per heavy atom. The van der Waals surface area contributed by atoms with E-state index in [1.807, 2.05) is 91.0 Å². The summed E-state index contributed by atoms with van der Waals surface area (Å²) in [5, 5.41) is 22.3. The summed E-state index contributed by atoms with van der Waals surface area (Å²) in [4.78, 5) is 25.9. The van der Waals surface area contributed by atoms with Crippen molar-refractivity contribution in [1.82, 2.24) is 10.6 Å². The molecule has 9 heteroatoms. The van der Waals surface area contributed by atoms with Crippen LogP contribution in [0.4, 0.5) is 16.2 Å². The summed E-state index contributed by atoms with van der Waals surface area (Å²) in [5.41, 5.74) is 5.76. The van der Waals surface area contributed by atoms with Crippen molar-refractivity contribution in [3.63, 3.8) is 0 Å². The summed E-state index contributed by atoms with van der Waals surface area (Å²) in [6.07, 6.45) is 2.29. The summed E-state index contributed by atoms with van der Waals surface area (Å²) in [6, 6.07) is 31.8. The smallest absolute Gasteiger partial charge is 0.405 e. The molecule has 2 aliphatic rings. The Morgan fingerprint density at radius 3 is 2.34 bits per heavy atom. The lowest BCUT2D eigenvalue weighted by molar-refractivity contribution is -0.118. The number of nitrogens with one attached hydrogen (secondary N) is 4. The molecular formula is C38H42N4O5. The van der Waals surface area contributed by atoms with Crippen LogP contribution in [0.2, 0.25) is 0 Å². The van der Waals surface area contributed by atoms with Gasteiger partial charge in [-0.25, -0.2) is 4.79 Å². The van der Waals surface area contributed by atoms with E-state index in [2.05, 4.69) is 33.4 Å². The normalized spacial score (nSPS) is 18.0. The maximum Gasteiger partial charge on any atom is 0.405 e. The highest BCUT2D eigenvalue weighted by Gasteiger charge is 2.33. The maximum atomic E-state index is 13.9. The van der Waals surface area contributed by atoms with Crippen molar-refractivity contribution in [1.29, 1.82) is 0 Å². The van der Waals surface area contributed by atoms with Crippen molar-refractivity contribution >= 4 is 23.4 Å². The van der Waals surface area contributed by atoms with Gasteiger partial charge in [0.15, 0.2) is 0 Å². The third kappa shape index (κ3) is 8.49. The molecule has 0 radical (unpaired) electrons. The second kappa shape index (κ2) is 15.6. The highest BCUT2D eigenvalue weighted by atomic mass is 16.5. The number of carboxylic acid groups (broad SMARTS) is 1. The minimum Gasteiger partial charge on any atom is -0.491 e. The van der Waals surface area contributed by atoms with E-state index < -0.39 is 24.0 Å². The van der Waals surface area contributed by atoms with E-state index in [1.165, 1.54) is 5.56 Å². The number of carbonyl (C=O) groups excluding carboxylic acids is 1. The molecule has 2 amide bonds. The number of rotatable bonds is 12. The Kier molecular flexibility index (Phi) is 10.7. The van der Waals surface area contributed by atoms with E-state index in [-0.39, 0.29) is 12.2 Å². The van der Waals surface area contributed by atoms with Crippen molar-refractivity contribution in [3.8, 4) is 5.75 Å². The highest BCUT2D eigenvalue weighted by Crippen LogP contribution is 2.30. The zero-order valence-corrected chi connectivity index (χ0v) is 26.4. The number of para-hydroxylation sites is 1. The van der Waals surface area contributed by atoms with Crippen molar-refractivity contribution in [3.05, 3.63) is 125 Å². The van der Waals surface area contributed by atoms with Crippen LogP contribution in [0.5, 0.6) is 5.75 Å². The zero-order chi connectivity index (χ0) is 32.4. The lowest BCUT2D eigenvalue weighted by Crippen LogP contribution is -2.47. The zero-order valence-electron chi connectivity index (χ0n) is 26.4. The van der Waals surface area contributed by atoms with Crippen LogP contribution in [0.25, 0.3) is 0 Å². The first-order valence-electron chi connectivity index (χ1n) is 16.4. The molecule has 6 rings (SSSR count). The third-order valence-corrected chi connectivity index (χ3v) is 8.81. The van der Waals surface area contributed by atoms with Crippen LogP contribution in [0.15, 0.2) is 103 Å². The third-order valence-electron chi connectivity index (χ3n) is 8.81. The number of hydrogen-bond donors (Lipinski definition) is 5. The fourth-order valence-corrected chi connectivity index (χ4v) is 6.48. The summed E-state index contributed by atoms with van der Waals surface area (Å²) < 4.78 is 12.5. The van der Waals surface area contributed by atoms with Crippen LogP contribution in [0.1, 0.15) is 41.0 Å². The Bertz CT molecular complexity index is 1590. The molecule has 4 aromatic carbocycles. The Labute approximate surface area is 275 Å². The molecule has 1 fully saturated rings. The summed E-state index contributed by atoms with van der Waals surface area (Å²) >= 11 is 0. The molecular weight excluding hydrogens is 592 g/mol. The van der Waals surface area contributed by atoms with E-state index in [0.717, 1.165) is 60.5 Å². The van der Waals surface area contributed by atoms with Crippen molar-refractivity contribution in [2.24, 2.45) is 0 Å². The second-order valence-corrected chi connectivity index (χ2v) is 12.1. The Balaban J connectivity index is 1.10. The van der Waals surface area contributed by atoms with E-state index in [1.54, 1.807) is 0 Å². The van der Waals surface area contributed by atoms with Crippen molar-refractivity contribution in [2.75, 3.05) is 36.9 Å². The van der Waals surface area contributed by atoms with Gasteiger partial charge in [-0.15, -0.1) is 0 Å². The topological polar surface area (TPSA) is 121 Å². The van der Waals surface area contributed by atoms with Crippen LogP contribution in [-0.2, 0) is 22.4 Å². The molecule has 1 saturated heterocycles. The molecule has 0 aromatic heterocycles. The molecule has 0 saturated carbocycles. The van der Waals surface area contributed by atoms with E-state index in [4.69, 9.17) is 9.47 Å². The number of fused-ring (bicyclic) bond motifs is 1. The minimum absolute atomic E-state index is 0.0201. The lowest BCUT2D eigenvalue weighted by Gasteiger charge is -2.31. The summed E-state index contributed by atoms with van der Waals surface area (Å²) in [6.45, 7) is 2.89. The number of ether oxygens (including phenoxy) is 2. The SMILES string of the molecule is O=C(O)N[C@H](C(=O)Nc1ccccc1CC[C@@H]1CNC[C@@H](COc2ccc3c(c2)NCCC3)O1)C(c1ccccc1)c1ccccc1. The molecule has 47 heavy (non-hydrogen) atoms. The van der Waals surface area contributed by atoms with Crippen molar-refractivity contribution in [2.45, 2.75) is 49.9 Å². The van der Waals surface area contributed by atoms with Crippen LogP contribution >= 0.6 is 0 Å². The largest absolute Gasteiger partial charge is 0.491 e. The second-order valence-electron chi connectivity index (χ2n) is 12.1. The van der Waals surface area contributed by atoms with E-state index in [0.29, 0.717) is 25.3 Å². The first-order chi connectivity index (χ1) is 23.0. The van der Waals surface area contributed by atoms with Crippen LogP contribution in [0.3, 0.4) is 0 Å². The standard InChI is InChI=1S/C38H42N4O5/c43-37(36(42-38(44)45)35(28-11-3-1-4-12-28)29-13-5-2-6-14-29)41-33-16-8-7-10-26(33)18-20-31-23-39-24-32(47-31)25-46-30-19-17-27-15-9-21-40-34(27)22-30/h1-8,10-14,16-17,19,22,31-32,35-36,39-40,42H,9,15,18,20-21,23-25H2,(H,41,43)(H,44,45)/t31-,32+,36+/m1/s1. The van der Waals surface area contributed by atoms with Gasteiger partial charge in [-0.2, -0.15) is 0 Å². The highest BCUT2D eigenvalue weighted by molar-refractivity contribution is 5.98. The average Bonchev–Trinajstić information content (AvgIpc) is 3.11. The molecule has 5 N–H and O–H groups in total. The first-order valence-corrected chi connectivity index (χ1v) is 16.4. The summed E-state index contributed by atoms with van der Waals surface area (Å²) in [5.74, 6) is -0.118. The molecule has 3 atom stereocenters. The maximum absolute atomic E-state index is 13.9. The van der Waals surface area contributed by atoms with Gasteiger partial charge in [0.2, 0.25) is 5.91 Å². The van der Waals surface area contributed by atoms with Gasteiger partial charge in [-0.3, -0.25) is 4.79 Å². The first kappa shape index (κ1) is 32.1. The average molecular weight is 635 g/mol. The number of anilines is 2. The lowest BCUT2D eigenvalue weighted by atomic mass is 9.84. The quantitative estimate of drug-likeness (QED) is 0.133. The van der Waals surface area contributed by atoms with Gasteiger partial charge in [0.1, 0.15) is 24.5 Å². The molecule has 2 aliphatic heterocycles. The summed E-state index contributed by atoms with van der Waals surface area (Å²) in [7, 11) is 0. The van der Waals surface area contributed by atoms with Gasteiger partial charge in [-0.1, -0.05) is 84.9 Å². The number of morpholine rings is 1. The minimum atomic E-state index is -1.26. The number of benzene rings is 4. The number of hydrogen-bond acceptors (Lipinski definition) is 6. The van der Waals surface area contributed by atoms with E-state index in [9.17, 15) is 14.7 Å². The number of aryl methyl sites for hydroxylation is 2. The Morgan fingerprint density at radius 2 is 1.60 bits per heavy atom. The monoisotopic (exact) mass is 634 g/mol. The molecule has 4 aromatic rings. The molecule has 244 valence electrons. The molecule has 9 nitrogen and oxygen atoms in total.